The highest BCUT2D eigenvalue weighted by Crippen LogP contribution is 2.20. The smallest absolute Gasteiger partial charge is 0.250 e. The van der Waals surface area contributed by atoms with Crippen LogP contribution < -0.4 is 4.72 Å². The lowest BCUT2D eigenvalue weighted by molar-refractivity contribution is 0.282. The quantitative estimate of drug-likeness (QED) is 0.887. The van der Waals surface area contributed by atoms with Crippen molar-refractivity contribution in [2.24, 2.45) is 0 Å². The van der Waals surface area contributed by atoms with Gasteiger partial charge in [-0.2, -0.15) is 0 Å². The number of thiophene rings is 1. The molecule has 2 aromatic rings. The van der Waals surface area contributed by atoms with Crippen molar-refractivity contribution in [3.63, 3.8) is 0 Å². The van der Waals surface area contributed by atoms with Crippen LogP contribution in [0.3, 0.4) is 0 Å². The Morgan fingerprint density at radius 3 is 2.68 bits per heavy atom. The largest absolute Gasteiger partial charge is 0.392 e. The van der Waals surface area contributed by atoms with E-state index >= 15 is 0 Å². The fraction of sp³-hybridized carbons (Fsp3) is 0.231. The predicted octanol–water partition coefficient (Wildman–Crippen LogP) is 2.03. The molecular weight excluding hydrogens is 282 g/mol. The molecule has 2 N–H and O–H groups in total. The molecule has 0 unspecified atom stereocenters. The molecule has 0 atom stereocenters. The number of nitrogens with one attached hydrogen (secondary N) is 1. The lowest BCUT2D eigenvalue weighted by Gasteiger charge is -2.05. The Morgan fingerprint density at radius 2 is 2.05 bits per heavy atom. The maximum Gasteiger partial charge on any atom is 0.250 e. The summed E-state index contributed by atoms with van der Waals surface area (Å²) in [4.78, 5) is 0. The Kier molecular flexibility index (Phi) is 4.36. The van der Waals surface area contributed by atoms with Crippen molar-refractivity contribution >= 4 is 21.4 Å². The number of sulfonamides is 1. The first-order chi connectivity index (χ1) is 9.01. The second-order valence-corrected chi connectivity index (χ2v) is 7.15. The second kappa shape index (κ2) is 5.83. The number of benzene rings is 1. The highest BCUT2D eigenvalue weighted by atomic mass is 32.2. The Hall–Kier alpha value is -1.21. The molecular formula is C13H15NO3S2. The van der Waals surface area contributed by atoms with Crippen LogP contribution in [-0.4, -0.2) is 13.5 Å². The second-order valence-electron chi connectivity index (χ2n) is 4.25. The highest BCUT2D eigenvalue weighted by Gasteiger charge is 2.16. The van der Waals surface area contributed by atoms with Crippen molar-refractivity contribution in [2.75, 3.05) is 0 Å². The standard InChI is InChI=1S/C13H15NO3S2/c1-10-3-2-4-11(5-10)7-14-19(16,17)13-6-12(8-15)9-18-13/h2-6,9,14-15H,7-8H2,1H3. The SMILES string of the molecule is Cc1cccc(CNS(=O)(=O)c2cc(CO)cs2)c1. The summed E-state index contributed by atoms with van der Waals surface area (Å²) in [5.74, 6) is 0. The number of aliphatic hydroxyl groups is 1. The molecule has 102 valence electrons. The molecule has 0 saturated heterocycles. The Morgan fingerprint density at radius 1 is 1.26 bits per heavy atom. The van der Waals surface area contributed by atoms with Gasteiger partial charge in [0.2, 0.25) is 10.0 Å². The maximum absolute atomic E-state index is 12.0. The summed E-state index contributed by atoms with van der Waals surface area (Å²) in [6.45, 7) is 2.07. The zero-order valence-electron chi connectivity index (χ0n) is 10.5. The molecule has 0 aliphatic heterocycles. The van der Waals surface area contributed by atoms with Crippen molar-refractivity contribution in [2.45, 2.75) is 24.3 Å². The summed E-state index contributed by atoms with van der Waals surface area (Å²) in [5, 5.41) is 10.6. The van der Waals surface area contributed by atoms with Gasteiger partial charge in [0, 0.05) is 6.54 Å². The summed E-state index contributed by atoms with van der Waals surface area (Å²) in [5.41, 5.74) is 2.62. The van der Waals surface area contributed by atoms with Crippen molar-refractivity contribution in [3.8, 4) is 0 Å². The molecule has 0 saturated carbocycles. The zero-order chi connectivity index (χ0) is 13.9. The Balaban J connectivity index is 2.09. The molecule has 4 nitrogen and oxygen atoms in total. The average molecular weight is 297 g/mol. The number of rotatable bonds is 5. The summed E-state index contributed by atoms with van der Waals surface area (Å²) in [6.07, 6.45) is 0. The van der Waals surface area contributed by atoms with E-state index in [-0.39, 0.29) is 17.4 Å². The first-order valence-corrected chi connectivity index (χ1v) is 8.11. The fourth-order valence-corrected chi connectivity index (χ4v) is 3.91. The van der Waals surface area contributed by atoms with Crippen molar-refractivity contribution in [1.82, 2.24) is 4.72 Å². The van der Waals surface area contributed by atoms with Crippen LogP contribution in [0.4, 0.5) is 0 Å². The normalized spacial score (nSPS) is 11.7. The van der Waals surface area contributed by atoms with E-state index in [0.717, 1.165) is 22.5 Å². The van der Waals surface area contributed by atoms with Gasteiger partial charge in [0.05, 0.1) is 6.61 Å². The van der Waals surface area contributed by atoms with Crippen LogP contribution in [0.1, 0.15) is 16.7 Å². The van der Waals surface area contributed by atoms with Gasteiger partial charge in [-0.3, -0.25) is 0 Å². The third-order valence-electron chi connectivity index (χ3n) is 2.63. The van der Waals surface area contributed by atoms with Crippen LogP contribution in [0.2, 0.25) is 0 Å². The topological polar surface area (TPSA) is 66.4 Å². The van der Waals surface area contributed by atoms with Gasteiger partial charge >= 0.3 is 0 Å². The van der Waals surface area contributed by atoms with E-state index in [1.807, 2.05) is 31.2 Å². The lowest BCUT2D eigenvalue weighted by Crippen LogP contribution is -2.22. The van der Waals surface area contributed by atoms with Crippen LogP contribution >= 0.6 is 11.3 Å². The van der Waals surface area contributed by atoms with Gasteiger partial charge < -0.3 is 5.11 Å². The monoisotopic (exact) mass is 297 g/mol. The number of hydrogen-bond donors (Lipinski definition) is 2. The van der Waals surface area contributed by atoms with Crippen molar-refractivity contribution in [1.29, 1.82) is 0 Å². The van der Waals surface area contributed by atoms with Crippen LogP contribution in [0, 0.1) is 6.92 Å². The molecule has 0 bridgehead atoms. The Labute approximate surface area is 116 Å². The van der Waals surface area contributed by atoms with Gasteiger partial charge in [0.25, 0.3) is 0 Å². The van der Waals surface area contributed by atoms with Crippen molar-refractivity contribution < 1.29 is 13.5 Å². The van der Waals surface area contributed by atoms with Gasteiger partial charge in [-0.15, -0.1) is 11.3 Å². The minimum absolute atomic E-state index is 0.149. The van der Waals surface area contributed by atoms with Crippen LogP contribution in [0.15, 0.2) is 39.9 Å². The summed E-state index contributed by atoms with van der Waals surface area (Å²) in [7, 11) is -3.50. The predicted molar refractivity (Wildman–Crippen MR) is 75.4 cm³/mol. The number of hydrogen-bond acceptors (Lipinski definition) is 4. The molecule has 0 amide bonds. The van der Waals surface area contributed by atoms with Gasteiger partial charge in [0.15, 0.2) is 0 Å². The van der Waals surface area contributed by atoms with Crippen LogP contribution in [-0.2, 0) is 23.2 Å². The lowest BCUT2D eigenvalue weighted by atomic mass is 10.1. The average Bonchev–Trinajstić information content (AvgIpc) is 2.86. The van der Waals surface area contributed by atoms with E-state index in [2.05, 4.69) is 4.72 Å². The van der Waals surface area contributed by atoms with Crippen molar-refractivity contribution in [3.05, 3.63) is 52.4 Å². The molecule has 1 aromatic carbocycles. The molecule has 6 heteroatoms. The molecule has 0 spiro atoms. The minimum atomic E-state index is -3.50. The van der Waals surface area contributed by atoms with E-state index in [0.29, 0.717) is 5.56 Å². The van der Waals surface area contributed by atoms with Crippen LogP contribution in [0.25, 0.3) is 0 Å². The van der Waals surface area contributed by atoms with Gasteiger partial charge in [0.1, 0.15) is 4.21 Å². The minimum Gasteiger partial charge on any atom is -0.392 e. The fourth-order valence-electron chi connectivity index (χ4n) is 1.65. The molecule has 2 rings (SSSR count). The highest BCUT2D eigenvalue weighted by molar-refractivity contribution is 7.91. The Bertz CT molecular complexity index is 662. The maximum atomic E-state index is 12.0. The third kappa shape index (κ3) is 3.63. The van der Waals surface area contributed by atoms with Gasteiger partial charge in [-0.05, 0) is 29.5 Å². The van der Waals surface area contributed by atoms with Crippen LogP contribution in [0.5, 0.6) is 0 Å². The van der Waals surface area contributed by atoms with E-state index < -0.39 is 10.0 Å². The summed E-state index contributed by atoms with van der Waals surface area (Å²) in [6, 6.07) is 9.17. The van der Waals surface area contributed by atoms with E-state index in [9.17, 15) is 8.42 Å². The zero-order valence-corrected chi connectivity index (χ0v) is 12.1. The van der Waals surface area contributed by atoms with E-state index in [1.54, 1.807) is 5.38 Å². The number of aliphatic hydroxyl groups excluding tert-OH is 1. The molecule has 1 heterocycles. The van der Waals surface area contributed by atoms with E-state index in [4.69, 9.17) is 5.11 Å². The summed E-state index contributed by atoms with van der Waals surface area (Å²) < 4.78 is 26.9. The third-order valence-corrected chi connectivity index (χ3v) is 5.52. The molecule has 19 heavy (non-hydrogen) atoms. The molecule has 0 aliphatic rings. The van der Waals surface area contributed by atoms with Gasteiger partial charge in [-0.25, -0.2) is 13.1 Å². The van der Waals surface area contributed by atoms with E-state index in [1.165, 1.54) is 6.07 Å². The molecule has 0 radical (unpaired) electrons. The molecule has 1 aromatic heterocycles. The first-order valence-electron chi connectivity index (χ1n) is 5.75. The number of aryl methyl sites for hydroxylation is 1. The molecule has 0 fully saturated rings. The summed E-state index contributed by atoms with van der Waals surface area (Å²) >= 11 is 1.11. The molecule has 0 aliphatic carbocycles. The van der Waals surface area contributed by atoms with Gasteiger partial charge in [-0.1, -0.05) is 29.8 Å². The first kappa shape index (κ1) is 14.2.